The SMILES string of the molecule is Cc1ccc(-c2s[nH]c(=O)c2C2CCNCC2)cc1. The monoisotopic (exact) mass is 274 g/mol. The Kier molecular flexibility index (Phi) is 3.53. The highest BCUT2D eigenvalue weighted by Gasteiger charge is 2.23. The molecule has 100 valence electrons. The zero-order valence-electron chi connectivity index (χ0n) is 11.0. The molecule has 0 unspecified atom stereocenters. The summed E-state index contributed by atoms with van der Waals surface area (Å²) in [4.78, 5) is 13.2. The Morgan fingerprint density at radius 2 is 1.84 bits per heavy atom. The molecule has 1 aromatic heterocycles. The van der Waals surface area contributed by atoms with E-state index < -0.39 is 0 Å². The van der Waals surface area contributed by atoms with Crippen molar-refractivity contribution in [1.82, 2.24) is 9.69 Å². The first-order valence-corrected chi connectivity index (χ1v) is 7.56. The molecular weight excluding hydrogens is 256 g/mol. The molecule has 1 saturated heterocycles. The van der Waals surface area contributed by atoms with E-state index in [0.717, 1.165) is 41.9 Å². The lowest BCUT2D eigenvalue weighted by Crippen LogP contribution is -2.28. The van der Waals surface area contributed by atoms with E-state index in [0.29, 0.717) is 5.92 Å². The van der Waals surface area contributed by atoms with Crippen LogP contribution in [0.2, 0.25) is 0 Å². The summed E-state index contributed by atoms with van der Waals surface area (Å²) in [5.74, 6) is 0.396. The molecule has 2 N–H and O–H groups in total. The smallest absolute Gasteiger partial charge is 0.262 e. The Hall–Kier alpha value is -1.39. The summed E-state index contributed by atoms with van der Waals surface area (Å²) in [6, 6.07) is 8.43. The van der Waals surface area contributed by atoms with Crippen LogP contribution in [0.3, 0.4) is 0 Å². The van der Waals surface area contributed by atoms with Crippen LogP contribution in [0.1, 0.15) is 29.9 Å². The topological polar surface area (TPSA) is 44.9 Å². The van der Waals surface area contributed by atoms with Gasteiger partial charge < -0.3 is 5.32 Å². The summed E-state index contributed by atoms with van der Waals surface area (Å²) in [6.45, 7) is 4.09. The minimum absolute atomic E-state index is 0.104. The Labute approximate surface area is 116 Å². The van der Waals surface area contributed by atoms with Crippen LogP contribution in [0.4, 0.5) is 0 Å². The van der Waals surface area contributed by atoms with E-state index in [9.17, 15) is 4.79 Å². The molecule has 2 heterocycles. The van der Waals surface area contributed by atoms with Crippen molar-refractivity contribution in [3.63, 3.8) is 0 Å². The average Bonchev–Trinajstić information content (AvgIpc) is 2.82. The van der Waals surface area contributed by atoms with Gasteiger partial charge in [-0.15, -0.1) is 0 Å². The van der Waals surface area contributed by atoms with Crippen LogP contribution in [0.25, 0.3) is 10.4 Å². The van der Waals surface area contributed by atoms with Gasteiger partial charge in [-0.05, 0) is 44.3 Å². The fourth-order valence-electron chi connectivity index (χ4n) is 2.71. The van der Waals surface area contributed by atoms with Gasteiger partial charge in [0.25, 0.3) is 5.56 Å². The third kappa shape index (κ3) is 2.51. The molecule has 0 spiro atoms. The van der Waals surface area contributed by atoms with Crippen molar-refractivity contribution in [3.8, 4) is 10.4 Å². The summed E-state index contributed by atoms with van der Waals surface area (Å²) < 4.78 is 2.91. The molecule has 0 bridgehead atoms. The number of aromatic nitrogens is 1. The van der Waals surface area contributed by atoms with Crippen molar-refractivity contribution in [2.24, 2.45) is 0 Å². The summed E-state index contributed by atoms with van der Waals surface area (Å²) in [7, 11) is 0. The largest absolute Gasteiger partial charge is 0.317 e. The molecule has 1 aliphatic rings. The van der Waals surface area contributed by atoms with E-state index >= 15 is 0 Å². The second-order valence-electron chi connectivity index (χ2n) is 5.17. The van der Waals surface area contributed by atoms with Gasteiger partial charge in [0.1, 0.15) is 0 Å². The van der Waals surface area contributed by atoms with Crippen molar-refractivity contribution in [2.75, 3.05) is 13.1 Å². The fourth-order valence-corrected chi connectivity index (χ4v) is 3.64. The Morgan fingerprint density at radius 3 is 2.53 bits per heavy atom. The Balaban J connectivity index is 2.02. The fraction of sp³-hybridized carbons (Fsp3) is 0.400. The molecular formula is C15H18N2OS. The second-order valence-corrected chi connectivity index (χ2v) is 5.98. The number of hydrogen-bond acceptors (Lipinski definition) is 3. The predicted octanol–water partition coefficient (Wildman–Crippen LogP) is 2.88. The van der Waals surface area contributed by atoms with Gasteiger partial charge in [-0.1, -0.05) is 41.4 Å². The van der Waals surface area contributed by atoms with Crippen LogP contribution in [0, 0.1) is 6.92 Å². The normalized spacial score (nSPS) is 16.7. The minimum Gasteiger partial charge on any atom is -0.317 e. The Bertz CT molecular complexity index is 606. The molecule has 0 radical (unpaired) electrons. The first kappa shape index (κ1) is 12.6. The highest BCUT2D eigenvalue weighted by Crippen LogP contribution is 2.34. The number of aromatic amines is 1. The van der Waals surface area contributed by atoms with Gasteiger partial charge in [-0.3, -0.25) is 9.17 Å². The van der Waals surface area contributed by atoms with Crippen LogP contribution in [-0.2, 0) is 0 Å². The van der Waals surface area contributed by atoms with Crippen molar-refractivity contribution in [2.45, 2.75) is 25.7 Å². The van der Waals surface area contributed by atoms with E-state index in [1.807, 2.05) is 0 Å². The van der Waals surface area contributed by atoms with E-state index in [4.69, 9.17) is 0 Å². The zero-order chi connectivity index (χ0) is 13.2. The zero-order valence-corrected chi connectivity index (χ0v) is 11.8. The highest BCUT2D eigenvalue weighted by molar-refractivity contribution is 7.09. The third-order valence-electron chi connectivity index (χ3n) is 3.80. The summed E-state index contributed by atoms with van der Waals surface area (Å²) >= 11 is 1.47. The average molecular weight is 274 g/mol. The van der Waals surface area contributed by atoms with Crippen LogP contribution in [-0.4, -0.2) is 17.5 Å². The molecule has 19 heavy (non-hydrogen) atoms. The van der Waals surface area contributed by atoms with Crippen molar-refractivity contribution >= 4 is 11.5 Å². The van der Waals surface area contributed by atoms with Crippen molar-refractivity contribution in [1.29, 1.82) is 0 Å². The molecule has 1 aliphatic heterocycles. The third-order valence-corrected chi connectivity index (χ3v) is 4.74. The number of benzene rings is 1. The molecule has 1 fully saturated rings. The van der Waals surface area contributed by atoms with Crippen LogP contribution >= 0.6 is 11.5 Å². The van der Waals surface area contributed by atoms with Crippen LogP contribution < -0.4 is 10.9 Å². The summed E-state index contributed by atoms with van der Waals surface area (Å²) in [5.41, 5.74) is 3.50. The van der Waals surface area contributed by atoms with E-state index in [-0.39, 0.29) is 5.56 Å². The first-order valence-electron chi connectivity index (χ1n) is 6.75. The molecule has 0 amide bonds. The summed E-state index contributed by atoms with van der Waals surface area (Å²) in [5, 5.41) is 3.35. The van der Waals surface area contributed by atoms with Crippen LogP contribution in [0.5, 0.6) is 0 Å². The number of hydrogen-bond donors (Lipinski definition) is 2. The number of aryl methyl sites for hydroxylation is 1. The molecule has 3 nitrogen and oxygen atoms in total. The number of rotatable bonds is 2. The molecule has 3 rings (SSSR count). The standard InChI is InChI=1S/C15H18N2OS/c1-10-2-4-12(5-3-10)14-13(15(18)17-19-14)11-6-8-16-9-7-11/h2-5,11,16H,6-9H2,1H3,(H,17,18). The number of H-pyrrole nitrogens is 1. The van der Waals surface area contributed by atoms with Gasteiger partial charge in [0.05, 0.1) is 4.88 Å². The highest BCUT2D eigenvalue weighted by atomic mass is 32.1. The maximum absolute atomic E-state index is 12.1. The second kappa shape index (κ2) is 5.31. The maximum atomic E-state index is 12.1. The lowest BCUT2D eigenvalue weighted by Gasteiger charge is -2.22. The maximum Gasteiger partial charge on any atom is 0.262 e. The van der Waals surface area contributed by atoms with Gasteiger partial charge in [0.15, 0.2) is 0 Å². The molecule has 0 saturated carbocycles. The van der Waals surface area contributed by atoms with Crippen molar-refractivity contribution in [3.05, 3.63) is 45.7 Å². The Morgan fingerprint density at radius 1 is 1.16 bits per heavy atom. The van der Waals surface area contributed by atoms with Crippen LogP contribution in [0.15, 0.2) is 29.1 Å². The van der Waals surface area contributed by atoms with Gasteiger partial charge in [-0.25, -0.2) is 0 Å². The molecule has 1 aromatic carbocycles. The quantitative estimate of drug-likeness (QED) is 0.884. The predicted molar refractivity (Wildman–Crippen MR) is 80.0 cm³/mol. The first-order chi connectivity index (χ1) is 9.25. The summed E-state index contributed by atoms with van der Waals surface area (Å²) in [6.07, 6.45) is 2.11. The minimum atomic E-state index is 0.104. The molecule has 0 atom stereocenters. The van der Waals surface area contributed by atoms with E-state index in [1.165, 1.54) is 17.1 Å². The van der Waals surface area contributed by atoms with Gasteiger partial charge in [0, 0.05) is 5.56 Å². The van der Waals surface area contributed by atoms with E-state index in [1.54, 1.807) is 0 Å². The lowest BCUT2D eigenvalue weighted by atomic mass is 9.89. The number of nitrogens with one attached hydrogen (secondary N) is 2. The van der Waals surface area contributed by atoms with Gasteiger partial charge >= 0.3 is 0 Å². The molecule has 4 heteroatoms. The van der Waals surface area contributed by atoms with Gasteiger partial charge in [0.2, 0.25) is 0 Å². The van der Waals surface area contributed by atoms with Gasteiger partial charge in [-0.2, -0.15) is 0 Å². The lowest BCUT2D eigenvalue weighted by molar-refractivity contribution is 0.459. The van der Waals surface area contributed by atoms with E-state index in [2.05, 4.69) is 40.9 Å². The molecule has 0 aliphatic carbocycles. The number of piperidine rings is 1. The van der Waals surface area contributed by atoms with Crippen molar-refractivity contribution < 1.29 is 0 Å². The molecule has 2 aromatic rings.